The number of benzene rings is 3. The van der Waals surface area contributed by atoms with Crippen molar-refractivity contribution in [1.29, 1.82) is 0 Å². The third kappa shape index (κ3) is 6.08. The van der Waals surface area contributed by atoms with Crippen molar-refractivity contribution in [2.45, 2.75) is 63.1 Å². The van der Waals surface area contributed by atoms with Crippen LogP contribution in [-0.2, 0) is 4.79 Å². The summed E-state index contributed by atoms with van der Waals surface area (Å²) in [6.07, 6.45) is 4.43. The molecule has 1 fully saturated rings. The molecule has 1 amide bonds. The van der Waals surface area contributed by atoms with Crippen molar-refractivity contribution >= 4 is 22.6 Å². The van der Waals surface area contributed by atoms with Crippen LogP contribution >= 0.6 is 0 Å². The third-order valence-electron chi connectivity index (χ3n) is 7.12. The second kappa shape index (κ2) is 11.5. The highest BCUT2D eigenvalue weighted by atomic mass is 16.4. The number of amides is 1. The molecule has 6 nitrogen and oxygen atoms in total. The van der Waals surface area contributed by atoms with Crippen LogP contribution in [0.4, 0.5) is 0 Å². The smallest absolute Gasteiger partial charge is 0.326 e. The molecule has 1 unspecified atom stereocenters. The van der Waals surface area contributed by atoms with E-state index in [0.29, 0.717) is 17.5 Å². The normalized spacial score (nSPS) is 19.7. The lowest BCUT2D eigenvalue weighted by Gasteiger charge is -2.32. The van der Waals surface area contributed by atoms with Crippen molar-refractivity contribution < 1.29 is 19.8 Å². The monoisotopic (exact) mass is 474 g/mol. The number of fused-ring (bicyclic) bond motifs is 1. The minimum atomic E-state index is -1.15. The first kappa shape index (κ1) is 24.9. The molecular formula is C29H34N2O4. The third-order valence-corrected chi connectivity index (χ3v) is 7.12. The average molecular weight is 475 g/mol. The van der Waals surface area contributed by atoms with Crippen LogP contribution in [0.15, 0.2) is 66.7 Å². The lowest BCUT2D eigenvalue weighted by atomic mass is 9.80. The fraction of sp³-hybridized carbons (Fsp3) is 0.379. The number of hydrogen-bond donors (Lipinski definition) is 4. The van der Waals surface area contributed by atoms with E-state index in [1.54, 1.807) is 12.1 Å². The Bertz CT molecular complexity index is 1160. The maximum absolute atomic E-state index is 12.5. The highest BCUT2D eigenvalue weighted by Crippen LogP contribution is 2.34. The van der Waals surface area contributed by atoms with Crippen LogP contribution in [0.25, 0.3) is 10.8 Å². The highest BCUT2D eigenvalue weighted by molar-refractivity contribution is 5.96. The molecule has 0 aromatic heterocycles. The molecular weight excluding hydrogens is 440 g/mol. The molecule has 0 bridgehead atoms. The minimum absolute atomic E-state index is 0.0210. The number of aliphatic hydroxyl groups excluding tert-OH is 1. The van der Waals surface area contributed by atoms with Crippen LogP contribution in [0.2, 0.25) is 0 Å². The molecule has 1 aliphatic rings. The van der Waals surface area contributed by atoms with Gasteiger partial charge in [-0.15, -0.1) is 0 Å². The molecule has 6 heteroatoms. The summed E-state index contributed by atoms with van der Waals surface area (Å²) < 4.78 is 0. The van der Waals surface area contributed by atoms with Crippen molar-refractivity contribution in [3.63, 3.8) is 0 Å². The Hall–Kier alpha value is -3.22. The largest absolute Gasteiger partial charge is 0.480 e. The summed E-state index contributed by atoms with van der Waals surface area (Å²) >= 11 is 0. The molecule has 0 heterocycles. The van der Waals surface area contributed by atoms with Crippen LogP contribution in [0.1, 0.15) is 72.5 Å². The van der Waals surface area contributed by atoms with E-state index >= 15 is 0 Å². The summed E-state index contributed by atoms with van der Waals surface area (Å²) in [5, 5.41) is 27.1. The van der Waals surface area contributed by atoms with Gasteiger partial charge in [0.15, 0.2) is 0 Å². The molecule has 4 N–H and O–H groups in total. The predicted octanol–water partition coefficient (Wildman–Crippen LogP) is 4.78. The van der Waals surface area contributed by atoms with Gasteiger partial charge in [-0.1, -0.05) is 61.0 Å². The number of aliphatic carboxylic acids is 1. The minimum Gasteiger partial charge on any atom is -0.480 e. The molecule has 184 valence electrons. The number of carboxylic acid groups (broad SMARTS) is 1. The first-order valence-corrected chi connectivity index (χ1v) is 12.4. The van der Waals surface area contributed by atoms with Crippen LogP contribution in [-0.4, -0.2) is 40.8 Å². The Labute approximate surface area is 206 Å². The first-order chi connectivity index (χ1) is 17.0. The van der Waals surface area contributed by atoms with Gasteiger partial charge in [-0.25, -0.2) is 4.79 Å². The lowest BCUT2D eigenvalue weighted by molar-refractivity contribution is -0.139. The van der Waals surface area contributed by atoms with E-state index in [0.717, 1.165) is 25.7 Å². The van der Waals surface area contributed by atoms with Crippen molar-refractivity contribution in [1.82, 2.24) is 10.6 Å². The van der Waals surface area contributed by atoms with E-state index in [1.807, 2.05) is 12.1 Å². The zero-order valence-corrected chi connectivity index (χ0v) is 20.1. The zero-order chi connectivity index (χ0) is 24.8. The van der Waals surface area contributed by atoms with Crippen molar-refractivity contribution in [3.8, 4) is 0 Å². The van der Waals surface area contributed by atoms with Gasteiger partial charge in [0.1, 0.15) is 6.04 Å². The molecule has 4 atom stereocenters. The molecule has 1 aliphatic carbocycles. The quantitative estimate of drug-likeness (QED) is 0.358. The fourth-order valence-corrected chi connectivity index (χ4v) is 5.25. The molecule has 35 heavy (non-hydrogen) atoms. The van der Waals surface area contributed by atoms with Gasteiger partial charge < -0.3 is 20.8 Å². The number of carbonyl (C=O) groups is 2. The Morgan fingerprint density at radius 1 is 1.00 bits per heavy atom. The van der Waals surface area contributed by atoms with Gasteiger partial charge in [0.25, 0.3) is 5.91 Å². The number of carbonyl (C=O) groups excluding carboxylic acids is 1. The topological polar surface area (TPSA) is 98.7 Å². The molecule has 1 saturated carbocycles. The fourth-order valence-electron chi connectivity index (χ4n) is 5.25. The summed E-state index contributed by atoms with van der Waals surface area (Å²) in [4.78, 5) is 23.7. The maximum atomic E-state index is 12.5. The van der Waals surface area contributed by atoms with E-state index < -0.39 is 17.9 Å². The van der Waals surface area contributed by atoms with E-state index in [2.05, 4.69) is 60.0 Å². The molecule has 3 aromatic carbocycles. The van der Waals surface area contributed by atoms with Gasteiger partial charge in [0.2, 0.25) is 0 Å². The molecule has 0 aliphatic heterocycles. The van der Waals surface area contributed by atoms with Crippen LogP contribution in [0, 0.1) is 0 Å². The Morgan fingerprint density at radius 3 is 2.49 bits per heavy atom. The van der Waals surface area contributed by atoms with E-state index in [4.69, 9.17) is 5.11 Å². The second-order valence-electron chi connectivity index (χ2n) is 9.52. The van der Waals surface area contributed by atoms with Crippen LogP contribution < -0.4 is 10.6 Å². The van der Waals surface area contributed by atoms with Gasteiger partial charge in [0, 0.05) is 30.7 Å². The number of hydrogen-bond acceptors (Lipinski definition) is 4. The van der Waals surface area contributed by atoms with Crippen molar-refractivity contribution in [2.75, 3.05) is 6.61 Å². The Kier molecular flexibility index (Phi) is 8.16. The molecule has 0 radical (unpaired) electrons. The zero-order valence-electron chi connectivity index (χ0n) is 20.1. The number of rotatable bonds is 9. The summed E-state index contributed by atoms with van der Waals surface area (Å²) in [6.45, 7) is 1.94. The van der Waals surface area contributed by atoms with Gasteiger partial charge in [-0.2, -0.15) is 0 Å². The average Bonchev–Trinajstić information content (AvgIpc) is 2.88. The summed E-state index contributed by atoms with van der Waals surface area (Å²) in [5.74, 6) is -1.17. The number of nitrogens with one attached hydrogen (secondary N) is 2. The predicted molar refractivity (Wildman–Crippen MR) is 138 cm³/mol. The van der Waals surface area contributed by atoms with Gasteiger partial charge in [0.05, 0.1) is 0 Å². The standard InChI is InChI=1S/C29H34N2O4/c1-19(25-11-5-7-21-6-2-3-10-26(21)25)30-24-9-4-8-23(18-24)20-12-14-22(15-13-20)28(33)31-27(16-17-32)29(34)35/h2-3,5-7,10-15,19,23-24,27,30,32H,4,8-9,16-18H2,1H3,(H,31,33)(H,34,35)/t19-,23+,24+,27?/m1/s1. The van der Waals surface area contributed by atoms with Crippen LogP contribution in [0.5, 0.6) is 0 Å². The second-order valence-corrected chi connectivity index (χ2v) is 9.52. The molecule has 4 rings (SSSR count). The van der Waals surface area contributed by atoms with Gasteiger partial charge in [-0.05, 0) is 66.1 Å². The molecule has 0 spiro atoms. The Morgan fingerprint density at radius 2 is 1.74 bits per heavy atom. The Balaban J connectivity index is 1.39. The summed E-state index contributed by atoms with van der Waals surface area (Å²) in [7, 11) is 0. The molecule has 3 aromatic rings. The van der Waals surface area contributed by atoms with Gasteiger partial charge in [-0.3, -0.25) is 4.79 Å². The first-order valence-electron chi connectivity index (χ1n) is 12.4. The SMILES string of the molecule is C[C@@H](N[C@H]1CCC[C@H](c2ccc(C(=O)NC(CCO)C(=O)O)cc2)C1)c1cccc2ccccc12. The number of aliphatic hydroxyl groups is 1. The van der Waals surface area contributed by atoms with E-state index in [-0.39, 0.29) is 19.1 Å². The van der Waals surface area contributed by atoms with Crippen LogP contribution in [0.3, 0.4) is 0 Å². The summed E-state index contributed by atoms with van der Waals surface area (Å²) in [6, 6.07) is 22.1. The highest BCUT2D eigenvalue weighted by Gasteiger charge is 2.25. The van der Waals surface area contributed by atoms with E-state index in [1.165, 1.54) is 21.9 Å². The molecule has 0 saturated heterocycles. The maximum Gasteiger partial charge on any atom is 0.326 e. The van der Waals surface area contributed by atoms with Crippen molar-refractivity contribution in [2.24, 2.45) is 0 Å². The summed E-state index contributed by atoms with van der Waals surface area (Å²) in [5.41, 5.74) is 2.95. The lowest BCUT2D eigenvalue weighted by Crippen LogP contribution is -2.41. The number of carboxylic acids is 1. The van der Waals surface area contributed by atoms with Crippen molar-refractivity contribution in [3.05, 3.63) is 83.4 Å². The van der Waals surface area contributed by atoms with E-state index in [9.17, 15) is 14.7 Å². The van der Waals surface area contributed by atoms with Gasteiger partial charge >= 0.3 is 5.97 Å².